The Kier molecular flexibility index (Phi) is 11.0. The Morgan fingerprint density at radius 1 is 1.00 bits per heavy atom. The van der Waals surface area contributed by atoms with Gasteiger partial charge >= 0.3 is 6.09 Å². The van der Waals surface area contributed by atoms with Gasteiger partial charge in [-0.3, -0.25) is 14.4 Å². The summed E-state index contributed by atoms with van der Waals surface area (Å²) >= 11 is 6.45. The summed E-state index contributed by atoms with van der Waals surface area (Å²) in [4.78, 5) is 54.9. The van der Waals surface area contributed by atoms with Crippen molar-refractivity contribution < 1.29 is 23.9 Å². The molecule has 2 unspecified atom stereocenters. The second-order valence-electron chi connectivity index (χ2n) is 11.9. The molecule has 0 aliphatic heterocycles. The predicted molar refractivity (Wildman–Crippen MR) is 162 cm³/mol. The first-order chi connectivity index (χ1) is 18.9. The van der Waals surface area contributed by atoms with Crippen molar-refractivity contribution in [3.8, 4) is 0 Å². The summed E-state index contributed by atoms with van der Waals surface area (Å²) in [5.74, 6) is -1.95. The number of rotatable bonds is 10. The van der Waals surface area contributed by atoms with Crippen LogP contribution in [0.2, 0.25) is 5.02 Å². The van der Waals surface area contributed by atoms with Gasteiger partial charge in [-0.15, -0.1) is 0 Å². The molecule has 224 valence electrons. The van der Waals surface area contributed by atoms with Crippen LogP contribution in [-0.2, 0) is 19.1 Å². The fourth-order valence-electron chi connectivity index (χ4n) is 4.40. The summed E-state index contributed by atoms with van der Waals surface area (Å²) in [7, 11) is 0. The number of aryl methyl sites for hydroxylation is 3. The molecule has 0 aromatic heterocycles. The van der Waals surface area contributed by atoms with Crippen molar-refractivity contribution in [2.45, 2.75) is 98.4 Å². The van der Waals surface area contributed by atoms with Crippen molar-refractivity contribution in [2.24, 2.45) is 5.73 Å². The number of ether oxygens (including phenoxy) is 1. The van der Waals surface area contributed by atoms with E-state index in [2.05, 4.69) is 10.6 Å². The minimum Gasteiger partial charge on any atom is -0.444 e. The number of nitrogens with two attached hydrogens (primary N) is 1. The number of anilines is 1. The number of nitrogens with zero attached hydrogens (tertiary/aromatic N) is 1. The zero-order valence-corrected chi connectivity index (χ0v) is 26.2. The third-order valence-corrected chi connectivity index (χ3v) is 7.17. The van der Waals surface area contributed by atoms with Gasteiger partial charge in [0.1, 0.15) is 17.7 Å². The number of carbonyl (C=O) groups excluding carboxylic acids is 4. The molecule has 4 amide bonds. The van der Waals surface area contributed by atoms with E-state index in [1.54, 1.807) is 32.9 Å². The Morgan fingerprint density at radius 3 is 2.17 bits per heavy atom. The van der Waals surface area contributed by atoms with Crippen LogP contribution < -0.4 is 16.4 Å². The molecule has 0 aliphatic carbocycles. The van der Waals surface area contributed by atoms with Gasteiger partial charge < -0.3 is 26.0 Å². The van der Waals surface area contributed by atoms with E-state index in [4.69, 9.17) is 22.1 Å². The first-order valence-corrected chi connectivity index (χ1v) is 14.0. The van der Waals surface area contributed by atoms with Gasteiger partial charge in [-0.2, -0.15) is 0 Å². The van der Waals surface area contributed by atoms with E-state index in [-0.39, 0.29) is 0 Å². The molecule has 41 heavy (non-hydrogen) atoms. The lowest BCUT2D eigenvalue weighted by atomic mass is 9.89. The summed E-state index contributed by atoms with van der Waals surface area (Å²) < 4.78 is 5.36. The molecule has 0 bridgehead atoms. The van der Waals surface area contributed by atoms with Crippen molar-refractivity contribution in [1.29, 1.82) is 0 Å². The van der Waals surface area contributed by atoms with E-state index in [0.29, 0.717) is 22.7 Å². The zero-order chi connectivity index (χ0) is 31.3. The third-order valence-electron chi connectivity index (χ3n) is 6.86. The lowest BCUT2D eigenvalue weighted by molar-refractivity contribution is -0.148. The van der Waals surface area contributed by atoms with Gasteiger partial charge in [-0.25, -0.2) is 4.79 Å². The molecule has 0 radical (unpaired) electrons. The lowest BCUT2D eigenvalue weighted by Crippen LogP contribution is -2.59. The quantitative estimate of drug-likeness (QED) is 0.327. The van der Waals surface area contributed by atoms with Gasteiger partial charge in [0.2, 0.25) is 11.8 Å². The number of primary amides is 1. The molecule has 10 heteroatoms. The number of carbonyl (C=O) groups is 4. The van der Waals surface area contributed by atoms with Crippen LogP contribution in [0.3, 0.4) is 0 Å². The molecule has 0 saturated heterocycles. The number of nitrogens with one attached hydrogen (secondary N) is 2. The van der Waals surface area contributed by atoms with E-state index in [1.807, 2.05) is 65.8 Å². The molecule has 2 atom stereocenters. The summed E-state index contributed by atoms with van der Waals surface area (Å²) in [6.45, 7) is 16.2. The van der Waals surface area contributed by atoms with Gasteiger partial charge in [0.15, 0.2) is 0 Å². The maximum absolute atomic E-state index is 14.4. The first-order valence-electron chi connectivity index (χ1n) is 13.6. The van der Waals surface area contributed by atoms with Crippen LogP contribution in [0, 0.1) is 20.8 Å². The first kappa shape index (κ1) is 33.6. The van der Waals surface area contributed by atoms with Gasteiger partial charge in [0.25, 0.3) is 5.91 Å². The van der Waals surface area contributed by atoms with E-state index in [9.17, 15) is 19.2 Å². The highest BCUT2D eigenvalue weighted by Crippen LogP contribution is 2.36. The lowest BCUT2D eigenvalue weighted by Gasteiger charge is -2.45. The van der Waals surface area contributed by atoms with Crippen LogP contribution in [0.15, 0.2) is 36.4 Å². The van der Waals surface area contributed by atoms with Gasteiger partial charge in [0, 0.05) is 5.54 Å². The molecule has 4 N–H and O–H groups in total. The molecule has 2 aromatic carbocycles. The van der Waals surface area contributed by atoms with Crippen molar-refractivity contribution >= 4 is 41.1 Å². The second-order valence-corrected chi connectivity index (χ2v) is 12.3. The van der Waals surface area contributed by atoms with Crippen LogP contribution in [0.5, 0.6) is 0 Å². The zero-order valence-electron chi connectivity index (χ0n) is 25.5. The molecule has 9 nitrogen and oxygen atoms in total. The van der Waals surface area contributed by atoms with E-state index < -0.39 is 53.5 Å². The maximum Gasteiger partial charge on any atom is 0.408 e. The molecule has 0 spiro atoms. The molecule has 0 aliphatic rings. The number of amides is 4. The Hall–Kier alpha value is -3.59. The monoisotopic (exact) mass is 586 g/mol. The maximum atomic E-state index is 14.4. The van der Waals surface area contributed by atoms with Crippen LogP contribution in [0.4, 0.5) is 10.5 Å². The normalized spacial score (nSPS) is 13.1. The molecular formula is C31H43ClN4O5. The summed E-state index contributed by atoms with van der Waals surface area (Å²) in [6.07, 6.45) is -0.918. The van der Waals surface area contributed by atoms with E-state index in [0.717, 1.165) is 16.7 Å². The highest BCUT2D eigenvalue weighted by molar-refractivity contribution is 6.34. The predicted octanol–water partition coefficient (Wildman–Crippen LogP) is 5.73. The summed E-state index contributed by atoms with van der Waals surface area (Å²) in [5.41, 5.74) is 7.19. The number of benzene rings is 2. The number of alkyl carbamates (subject to hydrolysis) is 1. The number of hydrogen-bond donors (Lipinski definition) is 3. The van der Waals surface area contributed by atoms with E-state index in [1.165, 1.54) is 4.90 Å². The molecule has 0 fully saturated rings. The summed E-state index contributed by atoms with van der Waals surface area (Å²) in [6, 6.07) is 8.40. The van der Waals surface area contributed by atoms with Gasteiger partial charge in [0.05, 0.1) is 17.1 Å². The Morgan fingerprint density at radius 2 is 1.63 bits per heavy atom. The van der Waals surface area contributed by atoms with Crippen LogP contribution in [0.25, 0.3) is 0 Å². The van der Waals surface area contributed by atoms with Crippen molar-refractivity contribution in [2.75, 3.05) is 5.32 Å². The standard InChI is InChI=1S/C31H43ClN4O5/c1-10-31(8,9)36(28(39)23(17-24(33)37)34-29(40)41-30(5,6)7)26(21-16-18(2)14-15-19(21)3)27(38)35-25-20(4)12-11-13-22(25)32/h11-16,23,26H,10,17H2,1-9H3,(H2,33,37)(H,34,40)(H,35,38). The van der Waals surface area contributed by atoms with Crippen molar-refractivity contribution in [3.63, 3.8) is 0 Å². The molecule has 2 aromatic rings. The molecule has 2 rings (SSSR count). The Balaban J connectivity index is 2.75. The molecule has 0 heterocycles. The molecule has 0 saturated carbocycles. The fraction of sp³-hybridized carbons (Fsp3) is 0.484. The minimum absolute atomic E-state index is 0.351. The second kappa shape index (κ2) is 13.4. The average molecular weight is 587 g/mol. The number of para-hydroxylation sites is 1. The van der Waals surface area contributed by atoms with Crippen LogP contribution >= 0.6 is 11.6 Å². The van der Waals surface area contributed by atoms with E-state index >= 15 is 0 Å². The van der Waals surface area contributed by atoms with Crippen LogP contribution in [0.1, 0.15) is 82.7 Å². The smallest absolute Gasteiger partial charge is 0.408 e. The van der Waals surface area contributed by atoms with Gasteiger partial charge in [-0.1, -0.05) is 54.4 Å². The Labute approximate surface area is 248 Å². The average Bonchev–Trinajstić information content (AvgIpc) is 2.84. The Bertz CT molecular complexity index is 1280. The number of halogens is 1. The largest absolute Gasteiger partial charge is 0.444 e. The fourth-order valence-corrected chi connectivity index (χ4v) is 4.67. The highest BCUT2D eigenvalue weighted by Gasteiger charge is 2.44. The van der Waals surface area contributed by atoms with Crippen molar-refractivity contribution in [3.05, 3.63) is 63.7 Å². The van der Waals surface area contributed by atoms with Gasteiger partial charge in [-0.05, 0) is 84.6 Å². The topological polar surface area (TPSA) is 131 Å². The molecular weight excluding hydrogens is 544 g/mol. The minimum atomic E-state index is -1.38. The number of hydrogen-bond acceptors (Lipinski definition) is 5. The summed E-state index contributed by atoms with van der Waals surface area (Å²) in [5, 5.41) is 5.80. The highest BCUT2D eigenvalue weighted by atomic mass is 35.5. The van der Waals surface area contributed by atoms with Crippen molar-refractivity contribution in [1.82, 2.24) is 10.2 Å². The SMILES string of the molecule is CCC(C)(C)N(C(=O)C(CC(N)=O)NC(=O)OC(C)(C)C)C(C(=O)Nc1c(C)cccc1Cl)c1cc(C)ccc1C. The third kappa shape index (κ3) is 8.95. The van der Waals surface area contributed by atoms with Crippen LogP contribution in [-0.4, -0.2) is 45.9 Å².